The molecule has 194 valence electrons. The van der Waals surface area contributed by atoms with Crippen molar-refractivity contribution in [2.24, 2.45) is 0 Å². The summed E-state index contributed by atoms with van der Waals surface area (Å²) in [5.74, 6) is -1.37. The summed E-state index contributed by atoms with van der Waals surface area (Å²) in [4.78, 5) is 41.9. The third-order valence-corrected chi connectivity index (χ3v) is 5.94. The molecule has 0 unspecified atom stereocenters. The first-order chi connectivity index (χ1) is 17.9. The molecule has 0 saturated carbocycles. The molecule has 8 nitrogen and oxygen atoms in total. The fourth-order valence-corrected chi connectivity index (χ4v) is 4.06. The Kier molecular flexibility index (Phi) is 10.2. The summed E-state index contributed by atoms with van der Waals surface area (Å²) < 4.78 is 22.3. The molecule has 1 aromatic heterocycles. The molecule has 0 atom stereocenters. The van der Waals surface area contributed by atoms with Crippen molar-refractivity contribution in [3.8, 4) is 22.9 Å². The molecule has 0 bridgehead atoms. The molecular weight excluding hydrogens is 521 g/mol. The number of halogens is 2. The van der Waals surface area contributed by atoms with E-state index in [1.54, 1.807) is 12.1 Å². The molecule has 0 aliphatic rings. The maximum absolute atomic E-state index is 13.2. The summed E-state index contributed by atoms with van der Waals surface area (Å²) in [5, 5.41) is 0.0755. The van der Waals surface area contributed by atoms with Crippen LogP contribution in [0.1, 0.15) is 44.9 Å². The first-order valence-corrected chi connectivity index (χ1v) is 12.1. The van der Waals surface area contributed by atoms with Crippen LogP contribution >= 0.6 is 23.2 Å². The molecule has 0 saturated heterocycles. The second kappa shape index (κ2) is 13.3. The third-order valence-electron chi connectivity index (χ3n) is 5.22. The summed E-state index contributed by atoms with van der Waals surface area (Å²) >= 11 is 12.8. The van der Waals surface area contributed by atoms with Crippen LogP contribution in [0.2, 0.25) is 10.0 Å². The number of hydrogen-bond acceptors (Lipinski definition) is 8. The molecule has 0 radical (unpaired) electrons. The lowest BCUT2D eigenvalue weighted by atomic mass is 9.98. The lowest BCUT2D eigenvalue weighted by Gasteiger charge is -2.20. The Morgan fingerprint density at radius 2 is 1.62 bits per heavy atom. The van der Waals surface area contributed by atoms with E-state index in [-0.39, 0.29) is 56.2 Å². The molecule has 0 amide bonds. The highest BCUT2D eigenvalue weighted by Gasteiger charge is 2.27. The van der Waals surface area contributed by atoms with E-state index < -0.39 is 17.9 Å². The Morgan fingerprint density at radius 3 is 2.24 bits per heavy atom. The van der Waals surface area contributed by atoms with Gasteiger partial charge in [-0.15, -0.1) is 0 Å². The van der Waals surface area contributed by atoms with Crippen LogP contribution in [0.4, 0.5) is 0 Å². The number of carbonyl (C=O) groups is 3. The minimum atomic E-state index is -0.858. The average Bonchev–Trinajstić information content (AvgIpc) is 2.91. The molecule has 0 aliphatic heterocycles. The van der Waals surface area contributed by atoms with E-state index in [2.05, 4.69) is 4.98 Å². The van der Waals surface area contributed by atoms with Crippen molar-refractivity contribution in [2.75, 3.05) is 26.9 Å². The summed E-state index contributed by atoms with van der Waals surface area (Å²) in [7, 11) is 1.37. The predicted molar refractivity (Wildman–Crippen MR) is 139 cm³/mol. The number of aldehydes is 1. The van der Waals surface area contributed by atoms with Gasteiger partial charge in [-0.1, -0.05) is 35.3 Å². The molecule has 0 fully saturated rings. The van der Waals surface area contributed by atoms with E-state index >= 15 is 0 Å². The highest BCUT2D eigenvalue weighted by molar-refractivity contribution is 6.54. The van der Waals surface area contributed by atoms with Gasteiger partial charge < -0.3 is 18.9 Å². The van der Waals surface area contributed by atoms with Gasteiger partial charge in [-0.25, -0.2) is 4.98 Å². The maximum Gasteiger partial charge on any atom is 0.235 e. The van der Waals surface area contributed by atoms with Gasteiger partial charge >= 0.3 is 0 Å². The van der Waals surface area contributed by atoms with Crippen LogP contribution in [0.3, 0.4) is 0 Å². The fraction of sp³-hybridized carbons (Fsp3) is 0.259. The minimum Gasteiger partial charge on any atom is -0.488 e. The van der Waals surface area contributed by atoms with E-state index in [9.17, 15) is 14.4 Å². The van der Waals surface area contributed by atoms with Gasteiger partial charge in [0, 0.05) is 24.3 Å². The Labute approximate surface area is 224 Å². The smallest absolute Gasteiger partial charge is 0.235 e. The van der Waals surface area contributed by atoms with Gasteiger partial charge in [-0.3, -0.25) is 14.4 Å². The molecule has 0 aliphatic carbocycles. The third kappa shape index (κ3) is 6.53. The summed E-state index contributed by atoms with van der Waals surface area (Å²) in [6.45, 7) is 4.49. The molecule has 3 aromatic rings. The monoisotopic (exact) mass is 545 g/mol. The normalized spacial score (nSPS) is 10.9. The highest BCUT2D eigenvalue weighted by atomic mass is 35.5. The maximum atomic E-state index is 13.2. The second-order valence-electron chi connectivity index (χ2n) is 7.50. The van der Waals surface area contributed by atoms with Crippen molar-refractivity contribution < 1.29 is 33.3 Å². The molecule has 37 heavy (non-hydrogen) atoms. The van der Waals surface area contributed by atoms with Gasteiger partial charge in [0.2, 0.25) is 17.4 Å². The van der Waals surface area contributed by atoms with Crippen LogP contribution < -0.4 is 9.47 Å². The quantitative estimate of drug-likeness (QED) is 0.116. The molecule has 1 heterocycles. The fourth-order valence-electron chi connectivity index (χ4n) is 3.50. The van der Waals surface area contributed by atoms with Crippen LogP contribution in [-0.4, -0.2) is 56.1 Å². The Bertz CT molecular complexity index is 1290. The zero-order valence-electron chi connectivity index (χ0n) is 20.5. The van der Waals surface area contributed by atoms with Gasteiger partial charge in [0.15, 0.2) is 12.6 Å². The molecule has 0 spiro atoms. The van der Waals surface area contributed by atoms with Crippen molar-refractivity contribution in [1.82, 2.24) is 4.98 Å². The number of Topliss-reactive ketones (excluding diaryl/α,β-unsaturated/α-hetero) is 2. The number of hydrogen-bond donors (Lipinski definition) is 0. The van der Waals surface area contributed by atoms with Crippen LogP contribution in [0.25, 0.3) is 11.3 Å². The number of benzene rings is 2. The molecule has 3 rings (SSSR count). The number of ketones is 2. The number of nitrogens with zero attached hydrogens (tertiary/aromatic N) is 1. The molecule has 10 heteroatoms. The number of rotatable bonds is 13. The van der Waals surface area contributed by atoms with E-state index in [1.807, 2.05) is 13.8 Å². The number of aromatic nitrogens is 1. The van der Waals surface area contributed by atoms with Gasteiger partial charge in [-0.05, 0) is 50.2 Å². The largest absolute Gasteiger partial charge is 0.488 e. The number of carbonyl (C=O) groups excluding carboxylic acids is 3. The Hall–Kier alpha value is -3.30. The van der Waals surface area contributed by atoms with Gasteiger partial charge in [0.05, 0.1) is 34.0 Å². The van der Waals surface area contributed by atoms with Crippen molar-refractivity contribution in [3.63, 3.8) is 0 Å². The second-order valence-corrected chi connectivity index (χ2v) is 8.29. The van der Waals surface area contributed by atoms with Crippen LogP contribution in [0, 0.1) is 0 Å². The van der Waals surface area contributed by atoms with Crippen molar-refractivity contribution in [1.29, 1.82) is 0 Å². The van der Waals surface area contributed by atoms with E-state index in [4.69, 9.17) is 42.1 Å². The van der Waals surface area contributed by atoms with Crippen molar-refractivity contribution >= 4 is 41.1 Å². The molecular formula is C27H25Cl2NO7. The molecule has 2 aromatic carbocycles. The lowest BCUT2D eigenvalue weighted by Crippen LogP contribution is -2.25. The SMILES string of the molecule is CCOC(COc1ccc(C(=O)C(=O)c2ccccc2Cl)c(Cl)c1-c1ccc(C=O)c(OC)n1)OCC. The average molecular weight is 546 g/mol. The lowest BCUT2D eigenvalue weighted by molar-refractivity contribution is -0.152. The predicted octanol–water partition coefficient (Wildman–Crippen LogP) is 5.72. The Morgan fingerprint density at radius 1 is 0.946 bits per heavy atom. The summed E-state index contributed by atoms with van der Waals surface area (Å²) in [5.41, 5.74) is 0.686. The van der Waals surface area contributed by atoms with Crippen LogP contribution in [0.5, 0.6) is 11.6 Å². The Balaban J connectivity index is 2.10. The van der Waals surface area contributed by atoms with Crippen LogP contribution in [-0.2, 0) is 9.47 Å². The highest BCUT2D eigenvalue weighted by Crippen LogP contribution is 2.39. The number of pyridine rings is 1. The first kappa shape index (κ1) is 28.3. The molecule has 0 N–H and O–H groups in total. The van der Waals surface area contributed by atoms with E-state index in [1.165, 1.54) is 43.5 Å². The van der Waals surface area contributed by atoms with Gasteiger partial charge in [-0.2, -0.15) is 0 Å². The number of ether oxygens (including phenoxy) is 4. The van der Waals surface area contributed by atoms with Crippen molar-refractivity contribution in [2.45, 2.75) is 20.1 Å². The zero-order chi connectivity index (χ0) is 26.9. The number of methoxy groups -OCH3 is 1. The zero-order valence-corrected chi connectivity index (χ0v) is 22.0. The van der Waals surface area contributed by atoms with Crippen molar-refractivity contribution in [3.05, 3.63) is 75.3 Å². The van der Waals surface area contributed by atoms with Gasteiger partial charge in [0.25, 0.3) is 0 Å². The van der Waals surface area contributed by atoms with Gasteiger partial charge in [0.1, 0.15) is 12.4 Å². The summed E-state index contributed by atoms with van der Waals surface area (Å²) in [6.07, 6.45) is -0.0457. The van der Waals surface area contributed by atoms with E-state index in [0.29, 0.717) is 19.5 Å². The first-order valence-electron chi connectivity index (χ1n) is 11.4. The topological polar surface area (TPSA) is 101 Å². The van der Waals surface area contributed by atoms with Crippen LogP contribution in [0.15, 0.2) is 48.5 Å². The van der Waals surface area contributed by atoms with E-state index in [0.717, 1.165) is 0 Å². The standard InChI is InChI=1S/C27H25Cl2NO7/c1-4-35-22(36-5-2)15-37-21-13-11-18(26(33)25(32)17-8-6-7-9-19(17)28)24(29)23(21)20-12-10-16(14-31)27(30-20)34-3/h6-14,22H,4-5,15H2,1-3H3. The summed E-state index contributed by atoms with van der Waals surface area (Å²) in [6, 6.07) is 12.2. The minimum absolute atomic E-state index is 0.0143.